The van der Waals surface area contributed by atoms with Gasteiger partial charge in [-0.3, -0.25) is 13.9 Å². The molecule has 1 aliphatic heterocycles. The number of carbonyl (C=O) groups is 2. The fourth-order valence-electron chi connectivity index (χ4n) is 4.74. The zero-order valence-corrected chi connectivity index (χ0v) is 24.7. The summed E-state index contributed by atoms with van der Waals surface area (Å²) in [7, 11) is -2.12. The fourth-order valence-corrected chi connectivity index (χ4v) is 5.91. The molecule has 3 aromatic carbocycles. The molecule has 0 spiro atoms. The summed E-state index contributed by atoms with van der Waals surface area (Å²) in [5, 5.41) is 3.22. The van der Waals surface area contributed by atoms with Crippen LogP contribution in [-0.2, 0) is 32.6 Å². The molecule has 3 aromatic rings. The Kier molecular flexibility index (Phi) is 10.1. The average Bonchev–Trinajstić information content (AvgIpc) is 2.96. The van der Waals surface area contributed by atoms with E-state index in [2.05, 4.69) is 5.32 Å². The number of amides is 2. The molecule has 218 valence electrons. The summed E-state index contributed by atoms with van der Waals surface area (Å²) in [6.07, 6.45) is 1.70. The van der Waals surface area contributed by atoms with Crippen LogP contribution in [0.25, 0.3) is 0 Å². The summed E-state index contributed by atoms with van der Waals surface area (Å²) in [4.78, 5) is 28.4. The Morgan fingerprint density at radius 1 is 0.951 bits per heavy atom. The lowest BCUT2D eigenvalue weighted by Crippen LogP contribution is -2.49. The lowest BCUT2D eigenvalue weighted by Gasteiger charge is -2.31. The van der Waals surface area contributed by atoms with E-state index in [1.807, 2.05) is 36.4 Å². The van der Waals surface area contributed by atoms with Crippen LogP contribution in [0.3, 0.4) is 0 Å². The molecule has 0 bridgehead atoms. The summed E-state index contributed by atoms with van der Waals surface area (Å²) in [6.45, 7) is 1.04. The summed E-state index contributed by atoms with van der Waals surface area (Å²) in [5.74, 6) is 0.461. The van der Waals surface area contributed by atoms with Crippen LogP contribution in [0.1, 0.15) is 24.0 Å². The number of carbonyl (C=O) groups excluding carboxylic acids is 2. The lowest BCUT2D eigenvalue weighted by atomic mass is 10.0. The molecule has 1 unspecified atom stereocenters. The van der Waals surface area contributed by atoms with Gasteiger partial charge in [-0.05, 0) is 41.8 Å². The molecule has 9 nitrogen and oxygen atoms in total. The molecule has 1 atom stereocenters. The average molecular weight is 600 g/mol. The van der Waals surface area contributed by atoms with Crippen molar-refractivity contribution in [3.8, 4) is 11.5 Å². The monoisotopic (exact) mass is 599 g/mol. The van der Waals surface area contributed by atoms with E-state index in [4.69, 9.17) is 21.1 Å². The molecule has 0 aliphatic carbocycles. The van der Waals surface area contributed by atoms with Gasteiger partial charge in [-0.1, -0.05) is 54.1 Å². The van der Waals surface area contributed by atoms with Crippen molar-refractivity contribution in [1.82, 2.24) is 10.2 Å². The van der Waals surface area contributed by atoms with Crippen LogP contribution in [0.5, 0.6) is 11.5 Å². The van der Waals surface area contributed by atoms with Crippen LogP contribution >= 0.6 is 11.6 Å². The molecule has 0 saturated carbocycles. The van der Waals surface area contributed by atoms with Crippen LogP contribution in [0, 0.1) is 0 Å². The second-order valence-corrected chi connectivity index (χ2v) is 12.1. The standard InChI is InChI=1S/C30H34ClN3O6S/c1-32-30(36)26(19-22-8-4-3-5-9-22)33(21-23-10-6-11-24(31)18-23)29(35)12-7-15-34(41(2,37)38)25-13-14-27-28(20-25)40-17-16-39-27/h3-6,8-11,13-14,18,20,26H,7,12,15-17,19,21H2,1-2H3,(H,32,36). The number of benzene rings is 3. The molecule has 1 aliphatic rings. The highest BCUT2D eigenvalue weighted by atomic mass is 35.5. The fraction of sp³-hybridized carbons (Fsp3) is 0.333. The smallest absolute Gasteiger partial charge is 0.242 e. The van der Waals surface area contributed by atoms with E-state index in [0.717, 1.165) is 17.4 Å². The molecule has 11 heteroatoms. The van der Waals surface area contributed by atoms with E-state index in [1.54, 1.807) is 48.3 Å². The minimum atomic E-state index is -3.66. The van der Waals surface area contributed by atoms with E-state index >= 15 is 0 Å². The van der Waals surface area contributed by atoms with Gasteiger partial charge in [0, 0.05) is 44.1 Å². The minimum Gasteiger partial charge on any atom is -0.486 e. The number of nitrogens with one attached hydrogen (secondary N) is 1. The van der Waals surface area contributed by atoms with Crippen molar-refractivity contribution < 1.29 is 27.5 Å². The maximum atomic E-state index is 13.8. The molecule has 2 amide bonds. The van der Waals surface area contributed by atoms with Gasteiger partial charge in [0.2, 0.25) is 21.8 Å². The molecule has 41 heavy (non-hydrogen) atoms. The number of rotatable bonds is 12. The number of nitrogens with zero attached hydrogens (tertiary/aromatic N) is 2. The van der Waals surface area contributed by atoms with Gasteiger partial charge in [-0.15, -0.1) is 0 Å². The highest BCUT2D eigenvalue weighted by Gasteiger charge is 2.30. The molecule has 4 rings (SSSR count). The maximum Gasteiger partial charge on any atom is 0.242 e. The third-order valence-electron chi connectivity index (χ3n) is 6.73. The normalized spacial score (nSPS) is 13.2. The topological polar surface area (TPSA) is 105 Å². The summed E-state index contributed by atoms with van der Waals surface area (Å²) in [5.41, 5.74) is 2.11. The molecule has 0 aromatic heterocycles. The number of sulfonamides is 1. The number of fused-ring (bicyclic) bond motifs is 1. The Bertz CT molecular complexity index is 1470. The first-order chi connectivity index (χ1) is 19.7. The number of ether oxygens (including phenoxy) is 2. The summed E-state index contributed by atoms with van der Waals surface area (Å²) < 4.78 is 37.8. The predicted molar refractivity (Wildman–Crippen MR) is 159 cm³/mol. The Balaban J connectivity index is 1.55. The Morgan fingerprint density at radius 2 is 1.66 bits per heavy atom. The molecule has 0 fully saturated rings. The van der Waals surface area contributed by atoms with Gasteiger partial charge < -0.3 is 19.7 Å². The minimum absolute atomic E-state index is 0.0272. The third-order valence-corrected chi connectivity index (χ3v) is 8.15. The van der Waals surface area contributed by atoms with Crippen LogP contribution in [0.4, 0.5) is 5.69 Å². The first-order valence-corrected chi connectivity index (χ1v) is 15.5. The Labute approximate surface area is 246 Å². The summed E-state index contributed by atoms with van der Waals surface area (Å²) in [6, 6.07) is 20.8. The lowest BCUT2D eigenvalue weighted by molar-refractivity contribution is -0.141. The van der Waals surface area contributed by atoms with E-state index in [0.29, 0.717) is 41.8 Å². The van der Waals surface area contributed by atoms with Crippen molar-refractivity contribution >= 4 is 39.1 Å². The predicted octanol–water partition coefficient (Wildman–Crippen LogP) is 4.04. The number of anilines is 1. The van der Waals surface area contributed by atoms with Crippen LogP contribution < -0.4 is 19.1 Å². The number of hydrogen-bond acceptors (Lipinski definition) is 6. The van der Waals surface area contributed by atoms with Gasteiger partial charge in [-0.2, -0.15) is 0 Å². The van der Waals surface area contributed by atoms with Gasteiger partial charge >= 0.3 is 0 Å². The van der Waals surface area contributed by atoms with Gasteiger partial charge in [-0.25, -0.2) is 8.42 Å². The van der Waals surface area contributed by atoms with Crippen molar-refractivity contribution in [3.63, 3.8) is 0 Å². The molecular weight excluding hydrogens is 566 g/mol. The Morgan fingerprint density at radius 3 is 2.34 bits per heavy atom. The van der Waals surface area contributed by atoms with Gasteiger partial charge in [0.25, 0.3) is 0 Å². The van der Waals surface area contributed by atoms with Crippen molar-refractivity contribution in [2.45, 2.75) is 31.8 Å². The molecule has 1 heterocycles. The van der Waals surface area contributed by atoms with Gasteiger partial charge in [0.1, 0.15) is 19.3 Å². The maximum absolute atomic E-state index is 13.8. The molecule has 0 radical (unpaired) electrons. The van der Waals surface area contributed by atoms with Gasteiger partial charge in [0.15, 0.2) is 11.5 Å². The van der Waals surface area contributed by atoms with Crippen molar-refractivity contribution in [2.24, 2.45) is 0 Å². The highest BCUT2D eigenvalue weighted by molar-refractivity contribution is 7.92. The van der Waals surface area contributed by atoms with E-state index in [9.17, 15) is 18.0 Å². The quantitative estimate of drug-likeness (QED) is 0.337. The van der Waals surface area contributed by atoms with E-state index in [-0.39, 0.29) is 37.7 Å². The van der Waals surface area contributed by atoms with Crippen molar-refractivity contribution in [2.75, 3.05) is 37.4 Å². The number of likely N-dealkylation sites (N-methyl/N-ethyl adjacent to an activating group) is 1. The molecule has 1 N–H and O–H groups in total. The van der Waals surface area contributed by atoms with Crippen molar-refractivity contribution in [3.05, 3.63) is 88.9 Å². The first kappa shape index (κ1) is 30.2. The number of hydrogen-bond donors (Lipinski definition) is 1. The first-order valence-electron chi connectivity index (χ1n) is 13.3. The Hall–Kier alpha value is -3.76. The van der Waals surface area contributed by atoms with Crippen LogP contribution in [-0.4, -0.2) is 64.2 Å². The van der Waals surface area contributed by atoms with Gasteiger partial charge in [0.05, 0.1) is 11.9 Å². The zero-order valence-electron chi connectivity index (χ0n) is 23.1. The van der Waals surface area contributed by atoms with Crippen LogP contribution in [0.2, 0.25) is 5.02 Å². The third kappa shape index (κ3) is 8.14. The number of halogens is 1. The SMILES string of the molecule is CNC(=O)C(Cc1ccccc1)N(Cc1cccc(Cl)c1)C(=O)CCCN(c1ccc2c(c1)OCCO2)S(C)(=O)=O. The molecular formula is C30H34ClN3O6S. The highest BCUT2D eigenvalue weighted by Crippen LogP contribution is 2.34. The zero-order chi connectivity index (χ0) is 29.4. The molecule has 0 saturated heterocycles. The van der Waals surface area contributed by atoms with E-state index in [1.165, 1.54) is 4.31 Å². The second-order valence-electron chi connectivity index (χ2n) is 9.74. The van der Waals surface area contributed by atoms with E-state index < -0.39 is 16.1 Å². The summed E-state index contributed by atoms with van der Waals surface area (Å²) >= 11 is 6.21. The van der Waals surface area contributed by atoms with Crippen LogP contribution in [0.15, 0.2) is 72.8 Å². The van der Waals surface area contributed by atoms with Crippen molar-refractivity contribution in [1.29, 1.82) is 0 Å². The largest absolute Gasteiger partial charge is 0.486 e. The second kappa shape index (κ2) is 13.7.